The molecule has 0 saturated heterocycles. The van der Waals surface area contributed by atoms with Gasteiger partial charge in [0.15, 0.2) is 0 Å². The van der Waals surface area contributed by atoms with Gasteiger partial charge in [0.25, 0.3) is 0 Å². The van der Waals surface area contributed by atoms with Gasteiger partial charge < -0.3 is 9.79 Å². The minimum atomic E-state index is -4.44. The van der Waals surface area contributed by atoms with E-state index in [4.69, 9.17) is 24.5 Å². The van der Waals surface area contributed by atoms with E-state index < -0.39 is 16.8 Å². The van der Waals surface area contributed by atoms with Crippen LogP contribution in [0.4, 0.5) is 0 Å². The van der Waals surface area contributed by atoms with Gasteiger partial charge in [-0.2, -0.15) is 14.7 Å². The van der Waals surface area contributed by atoms with E-state index in [0.717, 1.165) is 0 Å². The van der Waals surface area contributed by atoms with Crippen LogP contribution in [-0.4, -0.2) is 24.5 Å². The molecule has 0 aromatic rings. The first kappa shape index (κ1) is 13.2. The Hall–Kier alpha value is 0.620. The molecule has 0 fully saturated rings. The van der Waals surface area contributed by atoms with E-state index in [1.54, 1.807) is 0 Å². The minimum Gasteiger partial charge on any atom is -0.326 e. The molecule has 0 saturated carbocycles. The summed E-state index contributed by atoms with van der Waals surface area (Å²) in [6, 6.07) is 0. The standard InChI is InChI=1S/C2H6.H5O6P2/c1-2;1-7(2)6-8(3,4)5/h1-2H3;1-5H/q;+1. The lowest BCUT2D eigenvalue weighted by molar-refractivity contribution is 0.222. The molecule has 0 heterocycles. The summed E-state index contributed by atoms with van der Waals surface area (Å²) in [5, 5.41) is 0. The quantitative estimate of drug-likeness (QED) is 0.391. The Bertz CT molecular complexity index is 68.6. The van der Waals surface area contributed by atoms with Gasteiger partial charge in [-0.05, 0) is 0 Å². The summed E-state index contributed by atoms with van der Waals surface area (Å²) in [6.45, 7) is 4.00. The van der Waals surface area contributed by atoms with E-state index in [9.17, 15) is 0 Å². The maximum absolute atomic E-state index is 7.88. The summed E-state index contributed by atoms with van der Waals surface area (Å²) < 4.78 is 3.39. The molecule has 0 aromatic heterocycles. The van der Waals surface area contributed by atoms with Crippen molar-refractivity contribution in [1.82, 2.24) is 0 Å². The number of hydrogen-bond acceptors (Lipinski definition) is 6. The minimum absolute atomic E-state index is 2.00. The molecule has 0 bridgehead atoms. The first-order valence-corrected chi connectivity index (χ1v) is 5.10. The van der Waals surface area contributed by atoms with Gasteiger partial charge in [0, 0.05) is 0 Å². The molecule has 0 aliphatic carbocycles. The van der Waals surface area contributed by atoms with Crippen molar-refractivity contribution in [2.45, 2.75) is 13.8 Å². The molecule has 0 rings (SSSR count). The highest BCUT2D eigenvalue weighted by Gasteiger charge is 2.37. The zero-order valence-electron chi connectivity index (χ0n) is 5.54. The summed E-state index contributed by atoms with van der Waals surface area (Å²) in [5.74, 6) is 0. The highest BCUT2D eigenvalue weighted by atomic mass is 31.3. The average molecular weight is 193 g/mol. The van der Waals surface area contributed by atoms with Gasteiger partial charge in [0.2, 0.25) is 0 Å². The topological polar surface area (TPSA) is 110 Å². The van der Waals surface area contributed by atoms with Crippen LogP contribution in [0.1, 0.15) is 13.8 Å². The molecule has 0 atom stereocenters. The van der Waals surface area contributed by atoms with Crippen molar-refractivity contribution in [3.8, 4) is 0 Å². The van der Waals surface area contributed by atoms with Crippen LogP contribution in [0, 0.1) is 0 Å². The predicted octanol–water partition coefficient (Wildman–Crippen LogP) is -0.105. The lowest BCUT2D eigenvalue weighted by atomic mass is 11.0. The molecule has 0 aliphatic rings. The highest BCUT2D eigenvalue weighted by molar-refractivity contribution is 7.61. The third kappa shape index (κ3) is 15.8. The van der Waals surface area contributed by atoms with Crippen LogP contribution in [0.25, 0.3) is 0 Å². The predicted molar refractivity (Wildman–Crippen MR) is 37.4 cm³/mol. The van der Waals surface area contributed by atoms with Gasteiger partial charge in [-0.3, -0.25) is 0 Å². The Kier molecular flexibility index (Phi) is 8.38. The molecule has 10 heavy (non-hydrogen) atoms. The van der Waals surface area contributed by atoms with Gasteiger partial charge >= 0.3 is 16.8 Å². The molecule has 6 nitrogen and oxygen atoms in total. The Morgan fingerprint density at radius 1 is 1.10 bits per heavy atom. The van der Waals surface area contributed by atoms with Crippen LogP contribution in [0.3, 0.4) is 0 Å². The number of hydrogen-bond donors (Lipinski definition) is 5. The van der Waals surface area contributed by atoms with Crippen LogP contribution in [0.2, 0.25) is 0 Å². The van der Waals surface area contributed by atoms with Crippen LogP contribution < -0.4 is 0 Å². The Labute approximate surface area is 60.4 Å². The fourth-order valence-corrected chi connectivity index (χ4v) is 0.882. The normalized spacial score (nSPS) is 10.8. The monoisotopic (exact) mass is 193 g/mol. The Morgan fingerprint density at radius 2 is 1.40 bits per heavy atom. The van der Waals surface area contributed by atoms with Crippen LogP contribution >= 0.6 is 16.8 Å². The molecule has 0 aliphatic heterocycles. The molecule has 8 heteroatoms. The molecule has 0 aromatic carbocycles. The Morgan fingerprint density at radius 3 is 1.40 bits per heavy atom. The van der Waals surface area contributed by atoms with Crippen molar-refractivity contribution >= 4 is 16.8 Å². The van der Waals surface area contributed by atoms with Crippen molar-refractivity contribution < 1.29 is 28.8 Å². The lowest BCUT2D eigenvalue weighted by Gasteiger charge is -1.99. The van der Waals surface area contributed by atoms with Gasteiger partial charge in [-0.25, -0.2) is 0 Å². The van der Waals surface area contributed by atoms with Crippen molar-refractivity contribution in [2.75, 3.05) is 0 Å². The second-order valence-corrected chi connectivity index (χ2v) is 3.03. The molecule has 5 N–H and O–H groups in total. The van der Waals surface area contributed by atoms with E-state index in [0.29, 0.717) is 0 Å². The lowest BCUT2D eigenvalue weighted by Crippen LogP contribution is -1.88. The van der Waals surface area contributed by atoms with Gasteiger partial charge in [0.05, 0.1) is 0 Å². The van der Waals surface area contributed by atoms with Gasteiger partial charge in [0.1, 0.15) is 0 Å². The molecule has 0 radical (unpaired) electrons. The van der Waals surface area contributed by atoms with E-state index >= 15 is 0 Å². The largest absolute Gasteiger partial charge is 0.575 e. The van der Waals surface area contributed by atoms with E-state index in [2.05, 4.69) is 4.31 Å². The SMILES string of the molecule is CC.OP(O)O[P+](O)(O)O. The maximum atomic E-state index is 7.88. The molecule has 64 valence electrons. The summed E-state index contributed by atoms with van der Waals surface area (Å²) in [7, 11) is -7.33. The van der Waals surface area contributed by atoms with Crippen LogP contribution in [-0.2, 0) is 4.31 Å². The molecule has 0 amide bonds. The van der Waals surface area contributed by atoms with Crippen LogP contribution in [0.15, 0.2) is 0 Å². The van der Waals surface area contributed by atoms with Gasteiger partial charge in [-0.1, -0.05) is 18.2 Å². The van der Waals surface area contributed by atoms with Crippen molar-refractivity contribution in [3.63, 3.8) is 0 Å². The fourth-order valence-electron chi connectivity index (χ4n) is 0.0980. The van der Waals surface area contributed by atoms with E-state index in [1.807, 2.05) is 13.8 Å². The highest BCUT2D eigenvalue weighted by Crippen LogP contribution is 2.55. The summed E-state index contributed by atoms with van der Waals surface area (Å²) >= 11 is 0. The van der Waals surface area contributed by atoms with E-state index in [-0.39, 0.29) is 0 Å². The second-order valence-electron chi connectivity index (χ2n) is 0.848. The van der Waals surface area contributed by atoms with Crippen LogP contribution in [0.5, 0.6) is 0 Å². The first-order valence-electron chi connectivity index (χ1n) is 2.37. The fraction of sp³-hybridized carbons (Fsp3) is 1.00. The second kappa shape index (κ2) is 6.34. The first-order chi connectivity index (χ1) is 4.42. The summed E-state index contributed by atoms with van der Waals surface area (Å²) in [4.78, 5) is 39.3. The van der Waals surface area contributed by atoms with Crippen molar-refractivity contribution in [3.05, 3.63) is 0 Å². The van der Waals surface area contributed by atoms with Crippen molar-refractivity contribution in [1.29, 1.82) is 0 Å². The molecule has 0 unspecified atom stereocenters. The zero-order valence-corrected chi connectivity index (χ0v) is 7.33. The maximum Gasteiger partial charge on any atom is 0.575 e. The zero-order chi connectivity index (χ0) is 8.78. The number of rotatable bonds is 2. The Balaban J connectivity index is 0. The van der Waals surface area contributed by atoms with E-state index in [1.165, 1.54) is 0 Å². The molecular formula is C2H11O6P2+. The molecule has 0 spiro atoms. The summed E-state index contributed by atoms with van der Waals surface area (Å²) in [5.41, 5.74) is 0. The van der Waals surface area contributed by atoms with Gasteiger partial charge in [-0.15, -0.1) is 0 Å². The molecular weight excluding hydrogens is 182 g/mol. The summed E-state index contributed by atoms with van der Waals surface area (Å²) in [6.07, 6.45) is 0. The third-order valence-electron chi connectivity index (χ3n) is 0.183. The third-order valence-corrected chi connectivity index (χ3v) is 1.64. The van der Waals surface area contributed by atoms with Crippen molar-refractivity contribution in [2.24, 2.45) is 0 Å². The smallest absolute Gasteiger partial charge is 0.326 e. The average Bonchev–Trinajstić information content (AvgIpc) is 1.64.